The Bertz CT molecular complexity index is 2310. The summed E-state index contributed by atoms with van der Waals surface area (Å²) in [6.45, 7) is 0.140. The van der Waals surface area contributed by atoms with Gasteiger partial charge in [0.25, 0.3) is 0 Å². The van der Waals surface area contributed by atoms with Crippen LogP contribution < -0.4 is 16.4 Å². The van der Waals surface area contributed by atoms with Crippen molar-refractivity contribution in [2.75, 3.05) is 0 Å². The molecule has 9 rings (SSSR count). The fraction of sp³-hybridized carbons (Fsp3) is 0.0476. The molecular formula is C42H31BN2. The average molecular weight is 575 g/mol. The predicted molar refractivity (Wildman–Crippen MR) is 193 cm³/mol. The molecule has 1 aliphatic carbocycles. The fourth-order valence-corrected chi connectivity index (χ4v) is 7.57. The minimum atomic E-state index is 0.140. The van der Waals surface area contributed by atoms with E-state index in [2.05, 4.69) is 173 Å². The van der Waals surface area contributed by atoms with Gasteiger partial charge >= 0.3 is 0 Å². The minimum absolute atomic E-state index is 0.140. The molecule has 0 fully saturated rings. The van der Waals surface area contributed by atoms with Crippen molar-refractivity contribution in [3.8, 4) is 11.4 Å². The van der Waals surface area contributed by atoms with Crippen molar-refractivity contribution in [3.63, 3.8) is 0 Å². The molecule has 3 heteroatoms. The van der Waals surface area contributed by atoms with E-state index in [0.29, 0.717) is 0 Å². The molecule has 2 aromatic heterocycles. The van der Waals surface area contributed by atoms with Crippen molar-refractivity contribution in [1.82, 2.24) is 9.13 Å². The number of fused-ring (bicyclic) bond motifs is 7. The number of rotatable bonds is 5. The second-order valence-corrected chi connectivity index (χ2v) is 12.0. The van der Waals surface area contributed by atoms with Gasteiger partial charge in [-0.05, 0) is 54.8 Å². The number of nitrogens with zero attached hydrogens (tertiary/aromatic N) is 2. The Labute approximate surface area is 263 Å². The van der Waals surface area contributed by atoms with Gasteiger partial charge in [0.1, 0.15) is 0 Å². The van der Waals surface area contributed by atoms with Crippen LogP contribution in [0.3, 0.4) is 0 Å². The van der Waals surface area contributed by atoms with Crippen LogP contribution in [0.1, 0.15) is 17.7 Å². The normalized spacial score (nSPS) is 12.6. The third-order valence-electron chi connectivity index (χ3n) is 9.49. The number of para-hydroxylation sites is 2. The lowest BCUT2D eigenvalue weighted by atomic mass is 9.37. The predicted octanol–water partition coefficient (Wildman–Crippen LogP) is 8.20. The molecule has 45 heavy (non-hydrogen) atoms. The van der Waals surface area contributed by atoms with E-state index in [4.69, 9.17) is 0 Å². The molecular weight excluding hydrogens is 543 g/mol. The summed E-state index contributed by atoms with van der Waals surface area (Å²) in [5, 5.41) is 3.90. The second-order valence-electron chi connectivity index (χ2n) is 12.0. The van der Waals surface area contributed by atoms with E-state index in [0.717, 1.165) is 12.8 Å². The molecule has 2 heterocycles. The Morgan fingerprint density at radius 3 is 1.67 bits per heavy atom. The topological polar surface area (TPSA) is 9.86 Å². The van der Waals surface area contributed by atoms with E-state index >= 15 is 0 Å². The van der Waals surface area contributed by atoms with Gasteiger partial charge in [0, 0.05) is 33.2 Å². The first-order valence-electron chi connectivity index (χ1n) is 15.9. The van der Waals surface area contributed by atoms with Gasteiger partial charge in [-0.15, -0.1) is 0 Å². The van der Waals surface area contributed by atoms with Crippen LogP contribution in [-0.4, -0.2) is 15.8 Å². The summed E-state index contributed by atoms with van der Waals surface area (Å²) >= 11 is 0. The highest BCUT2D eigenvalue weighted by Gasteiger charge is 2.26. The van der Waals surface area contributed by atoms with Crippen LogP contribution in [0.25, 0.3) is 50.2 Å². The van der Waals surface area contributed by atoms with Crippen LogP contribution in [0.4, 0.5) is 0 Å². The number of hydrogen-bond donors (Lipinski definition) is 0. The monoisotopic (exact) mass is 574 g/mol. The maximum Gasteiger partial charge on any atom is 0.241 e. The van der Waals surface area contributed by atoms with Crippen LogP contribution in [0.5, 0.6) is 0 Å². The standard InChI is InChI=1S/C42H31BN2/c1-5-15-30(16-6-1)43(31-17-7-2-8-18-31)32-25-28-40-38(29-32)37-27-26-36-35-23-13-14-24-39(35)44(33-19-9-3-10-20-33)41(36)42(37)45(40)34-21-11-4-12-22-34/h1-12,14-22,24-29H,13,23H2. The Hall–Kier alpha value is -5.54. The molecule has 0 saturated heterocycles. The lowest BCUT2D eigenvalue weighted by Crippen LogP contribution is -2.51. The van der Waals surface area contributed by atoms with Gasteiger partial charge in [-0.25, -0.2) is 0 Å². The van der Waals surface area contributed by atoms with Gasteiger partial charge in [-0.3, -0.25) is 0 Å². The molecule has 0 saturated carbocycles. The van der Waals surface area contributed by atoms with Crippen molar-refractivity contribution in [1.29, 1.82) is 0 Å². The number of aromatic nitrogens is 2. The van der Waals surface area contributed by atoms with Crippen molar-refractivity contribution < 1.29 is 0 Å². The smallest absolute Gasteiger partial charge is 0.241 e. The molecule has 6 aromatic carbocycles. The summed E-state index contributed by atoms with van der Waals surface area (Å²) in [6, 6.07) is 55.4. The van der Waals surface area contributed by atoms with Crippen LogP contribution in [0, 0.1) is 0 Å². The highest BCUT2D eigenvalue weighted by Crippen LogP contribution is 2.42. The van der Waals surface area contributed by atoms with Crippen molar-refractivity contribution >= 4 is 61.9 Å². The molecule has 0 spiro atoms. The molecule has 0 N–H and O–H groups in total. The molecule has 1 aliphatic rings. The number of benzene rings is 6. The average Bonchev–Trinajstić information content (AvgIpc) is 3.63. The minimum Gasteiger partial charge on any atom is -0.308 e. The van der Waals surface area contributed by atoms with Gasteiger partial charge in [0.05, 0.1) is 16.6 Å². The first-order chi connectivity index (χ1) is 22.4. The summed E-state index contributed by atoms with van der Waals surface area (Å²) in [5.74, 6) is 0. The van der Waals surface area contributed by atoms with Gasteiger partial charge < -0.3 is 9.13 Å². The van der Waals surface area contributed by atoms with Crippen molar-refractivity contribution in [2.45, 2.75) is 12.8 Å². The molecule has 0 amide bonds. The molecule has 0 bridgehead atoms. The quantitative estimate of drug-likeness (QED) is 0.184. The molecule has 8 aromatic rings. The zero-order valence-electron chi connectivity index (χ0n) is 25.0. The SMILES string of the molecule is C1=Cc2c(c3ccc4c5cc(B(c6ccccc6)c6ccccc6)ccc5n(-c5ccccc5)c4c3n2-c2ccccc2)CC1. The molecule has 0 atom stereocenters. The van der Waals surface area contributed by atoms with Crippen LogP contribution in [0.15, 0.2) is 158 Å². The van der Waals surface area contributed by atoms with Gasteiger partial charge in [0.2, 0.25) is 6.71 Å². The van der Waals surface area contributed by atoms with Gasteiger partial charge in [-0.1, -0.05) is 144 Å². The van der Waals surface area contributed by atoms with E-state index in [9.17, 15) is 0 Å². The number of allylic oxidation sites excluding steroid dienone is 1. The summed E-state index contributed by atoms with van der Waals surface area (Å²) in [5.41, 5.74) is 12.8. The summed E-state index contributed by atoms with van der Waals surface area (Å²) in [6.07, 6.45) is 6.78. The Balaban J connectivity index is 1.41. The van der Waals surface area contributed by atoms with Crippen LogP contribution in [0.2, 0.25) is 0 Å². The Morgan fingerprint density at radius 1 is 0.467 bits per heavy atom. The van der Waals surface area contributed by atoms with E-state index in [1.807, 2.05) is 0 Å². The molecule has 0 radical (unpaired) electrons. The summed E-state index contributed by atoms with van der Waals surface area (Å²) in [7, 11) is 0. The molecule has 212 valence electrons. The lowest BCUT2D eigenvalue weighted by molar-refractivity contribution is 0.967. The Kier molecular flexibility index (Phi) is 6.09. The first-order valence-corrected chi connectivity index (χ1v) is 15.9. The van der Waals surface area contributed by atoms with Crippen molar-refractivity contribution in [3.05, 3.63) is 169 Å². The largest absolute Gasteiger partial charge is 0.308 e. The van der Waals surface area contributed by atoms with E-state index in [1.165, 1.54) is 71.7 Å². The van der Waals surface area contributed by atoms with E-state index < -0.39 is 0 Å². The highest BCUT2D eigenvalue weighted by molar-refractivity contribution is 6.95. The maximum absolute atomic E-state index is 2.50. The van der Waals surface area contributed by atoms with E-state index in [-0.39, 0.29) is 6.71 Å². The molecule has 2 nitrogen and oxygen atoms in total. The van der Waals surface area contributed by atoms with Crippen LogP contribution in [-0.2, 0) is 6.42 Å². The molecule has 0 unspecified atom stereocenters. The second kappa shape index (κ2) is 10.6. The Morgan fingerprint density at radius 2 is 1.02 bits per heavy atom. The zero-order chi connectivity index (χ0) is 29.7. The number of aryl methyl sites for hydroxylation is 1. The maximum atomic E-state index is 2.50. The summed E-state index contributed by atoms with van der Waals surface area (Å²) < 4.78 is 4.99. The third-order valence-corrected chi connectivity index (χ3v) is 9.49. The molecule has 0 aliphatic heterocycles. The van der Waals surface area contributed by atoms with Gasteiger partial charge in [-0.2, -0.15) is 0 Å². The highest BCUT2D eigenvalue weighted by atomic mass is 15.0. The zero-order valence-corrected chi connectivity index (χ0v) is 25.0. The third kappa shape index (κ3) is 4.12. The fourth-order valence-electron chi connectivity index (χ4n) is 7.57. The van der Waals surface area contributed by atoms with Crippen LogP contribution >= 0.6 is 0 Å². The summed E-state index contributed by atoms with van der Waals surface area (Å²) in [4.78, 5) is 0. The van der Waals surface area contributed by atoms with Crippen molar-refractivity contribution in [2.24, 2.45) is 0 Å². The first kappa shape index (κ1) is 25.9. The lowest BCUT2D eigenvalue weighted by Gasteiger charge is -2.16. The van der Waals surface area contributed by atoms with E-state index in [1.54, 1.807) is 0 Å². The number of hydrogen-bond acceptors (Lipinski definition) is 0. The van der Waals surface area contributed by atoms with Gasteiger partial charge in [0.15, 0.2) is 0 Å².